The predicted molar refractivity (Wildman–Crippen MR) is 49.2 cm³/mol. The molecule has 1 heterocycles. The fourth-order valence-corrected chi connectivity index (χ4v) is 1.16. The second-order valence-corrected chi connectivity index (χ2v) is 3.27. The van der Waals surface area contributed by atoms with E-state index < -0.39 is 17.7 Å². The summed E-state index contributed by atoms with van der Waals surface area (Å²) in [5, 5.41) is 0. The Morgan fingerprint density at radius 2 is 1.86 bits per heavy atom. The fourth-order valence-electron chi connectivity index (χ4n) is 1.16. The van der Waals surface area contributed by atoms with Crippen LogP contribution in [0.1, 0.15) is 6.92 Å². The van der Waals surface area contributed by atoms with Gasteiger partial charge in [-0.1, -0.05) is 6.58 Å². The van der Waals surface area contributed by atoms with Crippen LogP contribution in [0.5, 0.6) is 0 Å². The molecule has 5 nitrogen and oxygen atoms in total. The van der Waals surface area contributed by atoms with Crippen LogP contribution < -0.4 is 0 Å². The fraction of sp³-hybridized carbons (Fsp3) is 0.444. The molecule has 0 N–H and O–H groups in total. The van der Waals surface area contributed by atoms with Crippen LogP contribution in [0.4, 0.5) is 0 Å². The molecule has 1 aliphatic rings. The molecule has 76 valence electrons. The summed E-state index contributed by atoms with van der Waals surface area (Å²) in [6, 6.07) is 0. The van der Waals surface area contributed by atoms with Gasteiger partial charge in [0.2, 0.25) is 0 Å². The van der Waals surface area contributed by atoms with Crippen molar-refractivity contribution in [1.29, 1.82) is 0 Å². The van der Waals surface area contributed by atoms with E-state index in [0.717, 1.165) is 4.90 Å². The Morgan fingerprint density at radius 3 is 2.36 bits per heavy atom. The second kappa shape index (κ2) is 3.61. The number of hydrogen-bond donors (Lipinski definition) is 0. The molecule has 1 saturated heterocycles. The molecule has 0 atom stereocenters. The van der Waals surface area contributed by atoms with E-state index in [4.69, 9.17) is 0 Å². The van der Waals surface area contributed by atoms with Gasteiger partial charge in [0.1, 0.15) is 0 Å². The zero-order chi connectivity index (χ0) is 10.9. The Bertz CT molecular complexity index is 322. The highest BCUT2D eigenvalue weighted by Crippen LogP contribution is 2.06. The average Bonchev–Trinajstić information content (AvgIpc) is 2.13. The second-order valence-electron chi connectivity index (χ2n) is 3.27. The van der Waals surface area contributed by atoms with E-state index in [0.29, 0.717) is 6.54 Å². The highest BCUT2D eigenvalue weighted by atomic mass is 16.2. The maximum atomic E-state index is 11.4. The lowest BCUT2D eigenvalue weighted by Gasteiger charge is -2.29. The summed E-state index contributed by atoms with van der Waals surface area (Å²) in [4.78, 5) is 36.2. The predicted octanol–water partition coefficient (Wildman–Crippen LogP) is -0.610. The Morgan fingerprint density at radius 1 is 1.29 bits per heavy atom. The third-order valence-corrected chi connectivity index (χ3v) is 2.04. The van der Waals surface area contributed by atoms with Crippen LogP contribution in [-0.2, 0) is 14.4 Å². The minimum Gasteiger partial charge on any atom is -0.336 e. The Balaban J connectivity index is 2.84. The maximum absolute atomic E-state index is 11.4. The van der Waals surface area contributed by atoms with E-state index in [2.05, 4.69) is 6.58 Å². The minimum atomic E-state index is -0.772. The molecular formula is C9H12N2O3. The van der Waals surface area contributed by atoms with E-state index in [1.165, 1.54) is 18.9 Å². The topological polar surface area (TPSA) is 57.7 Å². The van der Waals surface area contributed by atoms with Crippen LogP contribution in [0.2, 0.25) is 0 Å². The van der Waals surface area contributed by atoms with Gasteiger partial charge in [0, 0.05) is 25.7 Å². The van der Waals surface area contributed by atoms with Gasteiger partial charge in [0.15, 0.2) is 0 Å². The van der Waals surface area contributed by atoms with Gasteiger partial charge in [-0.05, 0) is 6.92 Å². The zero-order valence-electron chi connectivity index (χ0n) is 8.24. The number of hydrogen-bond acceptors (Lipinski definition) is 3. The molecule has 0 aromatic heterocycles. The lowest BCUT2D eigenvalue weighted by Crippen LogP contribution is -2.54. The number of piperazine rings is 1. The van der Waals surface area contributed by atoms with Crippen molar-refractivity contribution in [2.45, 2.75) is 6.92 Å². The van der Waals surface area contributed by atoms with Crippen molar-refractivity contribution >= 4 is 17.7 Å². The molecule has 0 aromatic carbocycles. The SMILES string of the molecule is C=C(C)C(=O)N1CCN(C)C(=O)C1=O. The van der Waals surface area contributed by atoms with Crippen molar-refractivity contribution in [2.75, 3.05) is 20.1 Å². The van der Waals surface area contributed by atoms with Crippen LogP contribution in [0.25, 0.3) is 0 Å². The number of rotatable bonds is 1. The molecule has 0 aromatic rings. The van der Waals surface area contributed by atoms with Gasteiger partial charge in [-0.2, -0.15) is 0 Å². The Hall–Kier alpha value is -1.65. The maximum Gasteiger partial charge on any atom is 0.319 e. The van der Waals surface area contributed by atoms with Crippen molar-refractivity contribution in [1.82, 2.24) is 9.80 Å². The third kappa shape index (κ3) is 1.66. The molecule has 1 rings (SSSR count). The van der Waals surface area contributed by atoms with Crippen molar-refractivity contribution in [3.63, 3.8) is 0 Å². The van der Waals surface area contributed by atoms with Crippen LogP contribution in [0, 0.1) is 0 Å². The molecule has 0 aliphatic carbocycles. The molecule has 0 bridgehead atoms. The summed E-state index contributed by atoms with van der Waals surface area (Å²) in [7, 11) is 1.53. The largest absolute Gasteiger partial charge is 0.336 e. The summed E-state index contributed by atoms with van der Waals surface area (Å²) in [6.07, 6.45) is 0. The molecule has 0 unspecified atom stereocenters. The van der Waals surface area contributed by atoms with Crippen molar-refractivity contribution in [3.05, 3.63) is 12.2 Å². The highest BCUT2D eigenvalue weighted by Gasteiger charge is 2.34. The van der Waals surface area contributed by atoms with Crippen LogP contribution in [-0.4, -0.2) is 47.7 Å². The van der Waals surface area contributed by atoms with Crippen molar-refractivity contribution in [3.8, 4) is 0 Å². The summed E-state index contributed by atoms with van der Waals surface area (Å²) in [5.74, 6) is -1.89. The van der Waals surface area contributed by atoms with Gasteiger partial charge in [-0.25, -0.2) is 0 Å². The Labute approximate surface area is 82.0 Å². The minimum absolute atomic E-state index is 0.243. The molecule has 0 radical (unpaired) electrons. The van der Waals surface area contributed by atoms with E-state index in [9.17, 15) is 14.4 Å². The highest BCUT2D eigenvalue weighted by molar-refractivity contribution is 6.38. The number of carbonyl (C=O) groups is 3. The van der Waals surface area contributed by atoms with Gasteiger partial charge in [-0.15, -0.1) is 0 Å². The van der Waals surface area contributed by atoms with Gasteiger partial charge in [0.05, 0.1) is 0 Å². The molecule has 0 spiro atoms. The number of imide groups is 1. The van der Waals surface area contributed by atoms with E-state index in [1.807, 2.05) is 0 Å². The monoisotopic (exact) mass is 196 g/mol. The smallest absolute Gasteiger partial charge is 0.319 e. The number of amides is 3. The summed E-state index contributed by atoms with van der Waals surface area (Å²) >= 11 is 0. The van der Waals surface area contributed by atoms with E-state index in [1.54, 1.807) is 0 Å². The first-order valence-electron chi connectivity index (χ1n) is 4.22. The first-order valence-corrected chi connectivity index (χ1v) is 4.22. The standard InChI is InChI=1S/C9H12N2O3/c1-6(2)7(12)11-5-4-10(3)8(13)9(11)14/h1,4-5H2,2-3H3. The number of likely N-dealkylation sites (N-methyl/N-ethyl adjacent to an activating group) is 1. The van der Waals surface area contributed by atoms with Gasteiger partial charge in [0.25, 0.3) is 5.91 Å². The van der Waals surface area contributed by atoms with Crippen LogP contribution in [0.3, 0.4) is 0 Å². The lowest BCUT2D eigenvalue weighted by atomic mass is 10.2. The first-order chi connectivity index (χ1) is 6.45. The van der Waals surface area contributed by atoms with Gasteiger partial charge in [-0.3, -0.25) is 19.3 Å². The summed E-state index contributed by atoms with van der Waals surface area (Å²) in [6.45, 7) is 5.57. The first kappa shape index (κ1) is 10.4. The summed E-state index contributed by atoms with van der Waals surface area (Å²) in [5.41, 5.74) is 0.260. The molecule has 14 heavy (non-hydrogen) atoms. The van der Waals surface area contributed by atoms with Gasteiger partial charge >= 0.3 is 11.8 Å². The Kier molecular flexibility index (Phi) is 2.69. The molecule has 3 amide bonds. The van der Waals surface area contributed by atoms with Crippen molar-refractivity contribution in [2.24, 2.45) is 0 Å². The average molecular weight is 196 g/mol. The van der Waals surface area contributed by atoms with Crippen LogP contribution >= 0.6 is 0 Å². The molecule has 1 fully saturated rings. The molecule has 0 saturated carbocycles. The quantitative estimate of drug-likeness (QED) is 0.415. The lowest BCUT2D eigenvalue weighted by molar-refractivity contribution is -0.159. The molecule has 5 heteroatoms. The molecular weight excluding hydrogens is 184 g/mol. The van der Waals surface area contributed by atoms with Crippen LogP contribution in [0.15, 0.2) is 12.2 Å². The van der Waals surface area contributed by atoms with Gasteiger partial charge < -0.3 is 4.90 Å². The van der Waals surface area contributed by atoms with E-state index >= 15 is 0 Å². The zero-order valence-corrected chi connectivity index (χ0v) is 8.24. The number of nitrogens with zero attached hydrogens (tertiary/aromatic N) is 2. The van der Waals surface area contributed by atoms with Crippen molar-refractivity contribution < 1.29 is 14.4 Å². The molecule has 1 aliphatic heterocycles. The summed E-state index contributed by atoms with van der Waals surface area (Å²) < 4.78 is 0. The normalized spacial score (nSPS) is 17.3. The number of carbonyl (C=O) groups excluding carboxylic acids is 3. The third-order valence-electron chi connectivity index (χ3n) is 2.04. The van der Waals surface area contributed by atoms with E-state index in [-0.39, 0.29) is 12.1 Å².